The number of nitrogens with one attached hydrogen (secondary N) is 2. The first-order valence-electron chi connectivity index (χ1n) is 11.5. The van der Waals surface area contributed by atoms with Gasteiger partial charge in [0.25, 0.3) is 0 Å². The number of aliphatic carboxylic acids is 1. The predicted octanol–water partition coefficient (Wildman–Crippen LogP) is 4.95. The quantitative estimate of drug-likeness (QED) is 0.514. The molecule has 5 rings (SSSR count). The van der Waals surface area contributed by atoms with Crippen LogP contribution in [0.25, 0.3) is 27.7 Å². The number of hydrogen-bond donors (Lipinski definition) is 3. The minimum atomic E-state index is -0.797. The zero-order valence-corrected chi connectivity index (χ0v) is 19.2. The van der Waals surface area contributed by atoms with E-state index in [4.69, 9.17) is 0 Å². The van der Waals surface area contributed by atoms with Crippen LogP contribution >= 0.6 is 0 Å². The molecule has 1 unspecified atom stereocenters. The highest BCUT2D eigenvalue weighted by Crippen LogP contribution is 2.43. The second kappa shape index (κ2) is 8.30. The molecule has 172 valence electrons. The third-order valence-corrected chi connectivity index (χ3v) is 6.93. The number of hydrogen-bond acceptors (Lipinski definition) is 4. The van der Waals surface area contributed by atoms with Crippen molar-refractivity contribution in [2.24, 2.45) is 5.92 Å². The molecule has 0 spiro atoms. The van der Waals surface area contributed by atoms with Crippen molar-refractivity contribution in [1.29, 1.82) is 0 Å². The van der Waals surface area contributed by atoms with E-state index in [2.05, 4.69) is 26.3 Å². The fraction of sp³-hybridized carbons (Fsp3) is 0.385. The first-order valence-corrected chi connectivity index (χ1v) is 11.5. The van der Waals surface area contributed by atoms with Gasteiger partial charge in [0.15, 0.2) is 0 Å². The maximum absolute atomic E-state index is 14.1. The number of carbonyl (C=O) groups is 1. The van der Waals surface area contributed by atoms with Crippen molar-refractivity contribution >= 4 is 28.3 Å². The lowest BCUT2D eigenvalue weighted by Gasteiger charge is -2.28. The largest absolute Gasteiger partial charge is 0.480 e. The third-order valence-electron chi connectivity index (χ3n) is 6.93. The average molecular weight is 449 g/mol. The summed E-state index contributed by atoms with van der Waals surface area (Å²) in [5, 5.41) is 13.9. The molecule has 1 aromatic carbocycles. The van der Waals surface area contributed by atoms with Gasteiger partial charge in [0.2, 0.25) is 0 Å². The van der Waals surface area contributed by atoms with E-state index in [0.29, 0.717) is 6.54 Å². The SMILES string of the molecule is CC(C)[C@@H](NC1CC=C(c2[nH]c3nccc4c3c2CN(C)c2ccc(F)cc2-4)CC1)C(=O)O. The van der Waals surface area contributed by atoms with Gasteiger partial charge in [-0.15, -0.1) is 0 Å². The molecule has 0 saturated carbocycles. The van der Waals surface area contributed by atoms with Gasteiger partial charge in [-0.3, -0.25) is 4.79 Å². The van der Waals surface area contributed by atoms with Crippen LogP contribution in [0.15, 0.2) is 36.5 Å². The Morgan fingerprint density at radius 2 is 2.12 bits per heavy atom. The summed E-state index contributed by atoms with van der Waals surface area (Å²) in [6.45, 7) is 4.55. The van der Waals surface area contributed by atoms with Crippen LogP contribution < -0.4 is 10.2 Å². The number of anilines is 1. The lowest BCUT2D eigenvalue weighted by atomic mass is 9.90. The minimum absolute atomic E-state index is 0.0290. The van der Waals surface area contributed by atoms with Crippen LogP contribution in [0.3, 0.4) is 0 Å². The Bertz CT molecular complexity index is 1260. The summed E-state index contributed by atoms with van der Waals surface area (Å²) in [5.74, 6) is -1.02. The molecule has 2 aromatic heterocycles. The maximum Gasteiger partial charge on any atom is 0.320 e. The molecular weight excluding hydrogens is 419 g/mol. The highest BCUT2D eigenvalue weighted by Gasteiger charge is 2.29. The summed E-state index contributed by atoms with van der Waals surface area (Å²) in [6.07, 6.45) is 6.50. The molecule has 0 bridgehead atoms. The molecular formula is C26H29FN4O2. The number of carboxylic acid groups (broad SMARTS) is 1. The molecule has 0 saturated heterocycles. The van der Waals surface area contributed by atoms with Gasteiger partial charge in [0.05, 0.1) is 0 Å². The van der Waals surface area contributed by atoms with Crippen molar-refractivity contribution in [1.82, 2.24) is 15.3 Å². The van der Waals surface area contributed by atoms with Crippen LogP contribution in [-0.4, -0.2) is 40.2 Å². The fourth-order valence-corrected chi connectivity index (χ4v) is 5.23. The van der Waals surface area contributed by atoms with Gasteiger partial charge < -0.3 is 20.3 Å². The number of fused-ring (bicyclic) bond motifs is 2. The van der Waals surface area contributed by atoms with Gasteiger partial charge >= 0.3 is 5.97 Å². The lowest BCUT2D eigenvalue weighted by molar-refractivity contribution is -0.140. The topological polar surface area (TPSA) is 81.2 Å². The third kappa shape index (κ3) is 3.80. The molecule has 3 aromatic rings. The van der Waals surface area contributed by atoms with Crippen LogP contribution in [0.1, 0.15) is 44.4 Å². The van der Waals surface area contributed by atoms with E-state index in [1.165, 1.54) is 17.2 Å². The zero-order valence-electron chi connectivity index (χ0n) is 19.2. The monoisotopic (exact) mass is 448 g/mol. The van der Waals surface area contributed by atoms with E-state index >= 15 is 0 Å². The molecule has 1 aliphatic carbocycles. The normalized spacial score (nSPS) is 18.8. The molecule has 3 heterocycles. The van der Waals surface area contributed by atoms with Gasteiger partial charge in [-0.2, -0.15) is 0 Å². The number of pyridine rings is 1. The Kier molecular flexibility index (Phi) is 5.44. The number of H-pyrrole nitrogens is 1. The van der Waals surface area contributed by atoms with E-state index in [1.807, 2.05) is 33.0 Å². The summed E-state index contributed by atoms with van der Waals surface area (Å²) < 4.78 is 14.1. The second-order valence-electron chi connectivity index (χ2n) is 9.51. The number of carboxylic acids is 1. The summed E-state index contributed by atoms with van der Waals surface area (Å²) in [6, 6.07) is 6.52. The zero-order chi connectivity index (χ0) is 23.3. The number of aromatic amines is 1. The van der Waals surface area contributed by atoms with E-state index < -0.39 is 12.0 Å². The van der Waals surface area contributed by atoms with Crippen molar-refractivity contribution in [3.63, 3.8) is 0 Å². The van der Waals surface area contributed by atoms with Crippen LogP contribution in [0.4, 0.5) is 10.1 Å². The van der Waals surface area contributed by atoms with Gasteiger partial charge in [-0.25, -0.2) is 9.37 Å². The number of rotatable bonds is 5. The van der Waals surface area contributed by atoms with Crippen molar-refractivity contribution in [2.75, 3.05) is 11.9 Å². The summed E-state index contributed by atoms with van der Waals surface area (Å²) in [4.78, 5) is 21.9. The Morgan fingerprint density at radius 1 is 1.30 bits per heavy atom. The Morgan fingerprint density at radius 3 is 2.82 bits per heavy atom. The van der Waals surface area contributed by atoms with Crippen molar-refractivity contribution in [3.8, 4) is 11.1 Å². The molecule has 0 radical (unpaired) electrons. The van der Waals surface area contributed by atoms with Crippen LogP contribution in [0.2, 0.25) is 0 Å². The summed E-state index contributed by atoms with van der Waals surface area (Å²) in [5.41, 5.74) is 7.18. The Labute approximate surface area is 192 Å². The number of halogens is 1. The van der Waals surface area contributed by atoms with Gasteiger partial charge in [0, 0.05) is 53.7 Å². The predicted molar refractivity (Wildman–Crippen MR) is 129 cm³/mol. The molecule has 3 N–H and O–H groups in total. The molecule has 33 heavy (non-hydrogen) atoms. The Balaban J connectivity index is 1.51. The summed E-state index contributed by atoms with van der Waals surface area (Å²) >= 11 is 0. The highest BCUT2D eigenvalue weighted by atomic mass is 19.1. The number of nitrogens with zero attached hydrogens (tertiary/aromatic N) is 2. The second-order valence-corrected chi connectivity index (χ2v) is 9.51. The van der Waals surface area contributed by atoms with Gasteiger partial charge in [0.1, 0.15) is 17.5 Å². The highest BCUT2D eigenvalue weighted by molar-refractivity contribution is 6.02. The van der Waals surface area contributed by atoms with Crippen molar-refractivity contribution < 1.29 is 14.3 Å². The maximum atomic E-state index is 14.1. The summed E-state index contributed by atoms with van der Waals surface area (Å²) in [7, 11) is 2.03. The smallest absolute Gasteiger partial charge is 0.320 e. The van der Waals surface area contributed by atoms with E-state index in [9.17, 15) is 14.3 Å². The van der Waals surface area contributed by atoms with Crippen molar-refractivity contribution in [3.05, 3.63) is 53.6 Å². The van der Waals surface area contributed by atoms with Crippen molar-refractivity contribution in [2.45, 2.75) is 51.7 Å². The van der Waals surface area contributed by atoms with E-state index in [-0.39, 0.29) is 17.8 Å². The van der Waals surface area contributed by atoms with Gasteiger partial charge in [-0.1, -0.05) is 19.9 Å². The molecule has 7 heteroatoms. The average Bonchev–Trinajstić information content (AvgIpc) is 3.09. The lowest BCUT2D eigenvalue weighted by Crippen LogP contribution is -2.46. The van der Waals surface area contributed by atoms with Crippen LogP contribution in [0, 0.1) is 11.7 Å². The molecule has 6 nitrogen and oxygen atoms in total. The van der Waals surface area contributed by atoms with E-state index in [1.54, 1.807) is 12.3 Å². The van der Waals surface area contributed by atoms with Gasteiger partial charge in [-0.05, 0) is 60.6 Å². The molecule has 2 atom stereocenters. The molecule has 2 aliphatic rings. The standard InChI is InChI=1S/C26H29FN4O2/c1-14(2)23(26(32)33)29-17-7-4-15(5-8-17)24-20-13-31(3)21-9-6-16(27)12-19(21)18-10-11-28-25(30-24)22(18)20/h4,6,9-12,14,17,23,29H,5,7-8,13H2,1-3H3,(H,28,30)(H,32,33)/t17?,23-/m1/s1. The number of allylic oxidation sites excluding steroid dienone is 1. The minimum Gasteiger partial charge on any atom is -0.480 e. The number of benzene rings is 1. The molecule has 0 amide bonds. The van der Waals surface area contributed by atoms with Crippen LogP contribution in [-0.2, 0) is 11.3 Å². The first kappa shape index (κ1) is 21.6. The Hall–Kier alpha value is -3.19. The number of aromatic nitrogens is 2. The fourth-order valence-electron chi connectivity index (χ4n) is 5.23. The molecule has 1 aliphatic heterocycles. The van der Waals surface area contributed by atoms with Crippen LogP contribution in [0.5, 0.6) is 0 Å². The molecule has 0 fully saturated rings. The van der Waals surface area contributed by atoms with E-state index in [0.717, 1.165) is 52.8 Å². The first-order chi connectivity index (χ1) is 15.8.